The number of nitrogens with zero attached hydrogens (tertiary/aromatic N) is 1. The van der Waals surface area contributed by atoms with E-state index in [1.165, 1.54) is 22.5 Å². The number of hydrogen-bond donors (Lipinski definition) is 4. The average molecular weight is 358 g/mol. The van der Waals surface area contributed by atoms with E-state index in [1.807, 2.05) is 6.92 Å². The number of H-pyrrole nitrogens is 3. The Morgan fingerprint density at radius 3 is 2.21 bits per heavy atom. The Labute approximate surface area is 139 Å². The lowest BCUT2D eigenvalue weighted by atomic mass is 10.0. The highest BCUT2D eigenvalue weighted by Gasteiger charge is 2.15. The number of aromatic nitrogens is 4. The van der Waals surface area contributed by atoms with Crippen LogP contribution in [0.15, 0.2) is 0 Å². The van der Waals surface area contributed by atoms with Crippen LogP contribution >= 0.6 is 7.60 Å². The minimum atomic E-state index is -4.35. The Bertz CT molecular complexity index is 663. The predicted octanol–water partition coefficient (Wildman–Crippen LogP) is 0.383. The third-order valence-electron chi connectivity index (χ3n) is 3.59. The van der Waals surface area contributed by atoms with Crippen LogP contribution in [0, 0.1) is 27.7 Å². The van der Waals surface area contributed by atoms with E-state index in [2.05, 4.69) is 41.2 Å². The van der Waals surface area contributed by atoms with Crippen LogP contribution in [-0.4, -0.2) is 37.4 Å². The first-order chi connectivity index (χ1) is 11.0. The Balaban J connectivity index is 0.000000277. The molecule has 0 fully saturated rings. The van der Waals surface area contributed by atoms with Gasteiger partial charge in [-0.3, -0.25) is 9.89 Å². The first kappa shape index (κ1) is 20.1. The first-order valence-corrected chi connectivity index (χ1v) is 9.08. The van der Waals surface area contributed by atoms with E-state index in [4.69, 9.17) is 10.00 Å². The molecule has 0 spiro atoms. The van der Waals surface area contributed by atoms with E-state index < -0.39 is 26.1 Å². The van der Waals surface area contributed by atoms with Crippen LogP contribution in [0.4, 0.5) is 0 Å². The Hall–Kier alpha value is -1.96. The summed E-state index contributed by atoms with van der Waals surface area (Å²) < 4.78 is 9.86. The van der Waals surface area contributed by atoms with Gasteiger partial charge in [0, 0.05) is 36.3 Å². The molecule has 0 aliphatic heterocycles. The molecule has 0 saturated carbocycles. The Kier molecular flexibility index (Phi) is 6.89. The zero-order chi connectivity index (χ0) is 18.5. The van der Waals surface area contributed by atoms with Gasteiger partial charge in [0.1, 0.15) is 7.60 Å². The minimum Gasteiger partial charge on any atom is -0.779 e. The number of rotatable bonds is 5. The van der Waals surface area contributed by atoms with Gasteiger partial charge in [0.05, 0.1) is 17.8 Å². The molecular weight excluding hydrogens is 335 g/mol. The zero-order valence-electron chi connectivity index (χ0n) is 14.1. The maximum atomic E-state index is 9.86. The molecule has 0 radical (unpaired) electrons. The number of carboxylic acids is 1. The molecule has 0 aliphatic carbocycles. The highest BCUT2D eigenvalue weighted by molar-refractivity contribution is 7.50. The van der Waals surface area contributed by atoms with Crippen LogP contribution in [0.25, 0.3) is 0 Å². The quantitative estimate of drug-likeness (QED) is 0.566. The van der Waals surface area contributed by atoms with Crippen molar-refractivity contribution in [2.45, 2.75) is 40.5 Å². The number of aryl methyl sites for hydroxylation is 4. The molecule has 1 atom stereocenters. The summed E-state index contributed by atoms with van der Waals surface area (Å²) in [5.74, 6) is -1.24. The summed E-state index contributed by atoms with van der Waals surface area (Å²) in [6.07, 6.45) is -0.300. The molecule has 24 heavy (non-hydrogen) atoms. The molecule has 134 valence electrons. The lowest BCUT2D eigenvalue weighted by Gasteiger charge is -2.12. The number of carbonyl (C=O) groups is 1. The van der Waals surface area contributed by atoms with Crippen molar-refractivity contribution in [3.63, 3.8) is 0 Å². The molecule has 2 aromatic rings. The van der Waals surface area contributed by atoms with E-state index in [0.717, 1.165) is 17.8 Å². The minimum absolute atomic E-state index is 0.544. The smallest absolute Gasteiger partial charge is 0.303 e. The number of nitrogens with one attached hydrogen (secondary N) is 3. The molecule has 0 aliphatic rings. The fourth-order valence-corrected chi connectivity index (χ4v) is 2.61. The largest absolute Gasteiger partial charge is 0.779 e. The van der Waals surface area contributed by atoms with Gasteiger partial charge in [0.25, 0.3) is 0 Å². The van der Waals surface area contributed by atoms with E-state index in [0.29, 0.717) is 0 Å². The van der Waals surface area contributed by atoms with Crippen molar-refractivity contribution in [2.75, 3.05) is 6.16 Å². The van der Waals surface area contributed by atoms with Crippen LogP contribution < -0.4 is 9.99 Å². The number of hydrogen-bond acceptors (Lipinski definition) is 4. The van der Waals surface area contributed by atoms with Crippen molar-refractivity contribution >= 4 is 13.6 Å². The van der Waals surface area contributed by atoms with Gasteiger partial charge in [-0.25, -0.2) is 0 Å². The Morgan fingerprint density at radius 1 is 1.25 bits per heavy atom. The third-order valence-corrected chi connectivity index (χ3v) is 4.37. The van der Waals surface area contributed by atoms with Crippen molar-refractivity contribution in [1.29, 1.82) is 0 Å². The second-order valence-electron chi connectivity index (χ2n) is 5.57. The molecule has 0 amide bonds. The van der Waals surface area contributed by atoms with Crippen molar-refractivity contribution in [1.82, 2.24) is 15.3 Å². The molecule has 0 saturated heterocycles. The van der Waals surface area contributed by atoms with E-state index in [-0.39, 0.29) is 0 Å². The summed E-state index contributed by atoms with van der Waals surface area (Å²) in [6, 6.07) is 0. The van der Waals surface area contributed by atoms with Crippen molar-refractivity contribution in [3.8, 4) is 0 Å². The SMILES string of the molecule is Cc1n[nH]c(C)c1Cc1c(C)[nH][nH+]c1C.O=C(O)CCP(=O)([O-])O. The fraction of sp³-hybridized carbons (Fsp3) is 0.500. The summed E-state index contributed by atoms with van der Waals surface area (Å²) in [4.78, 5) is 27.5. The van der Waals surface area contributed by atoms with Gasteiger partial charge in [-0.05, 0) is 20.8 Å². The molecule has 1 unspecified atom stereocenters. The standard InChI is InChI=1S/C11H16N4.C3H7O5P/c1-6-10(7(2)13-12-6)5-11-8(3)14-15-9(11)4;4-3(5)1-2-9(6,7)8/h5H2,1-4H3,(H,12,13)(H,14,15);1-2H2,(H,4,5)(H2,6,7,8). The van der Waals surface area contributed by atoms with Gasteiger partial charge in [0.15, 0.2) is 0 Å². The molecular formula is C14H23N4O5P. The lowest BCUT2D eigenvalue weighted by Crippen LogP contribution is -2.07. The predicted molar refractivity (Wildman–Crippen MR) is 84.6 cm³/mol. The molecule has 2 rings (SSSR count). The monoisotopic (exact) mass is 358 g/mol. The average Bonchev–Trinajstić information content (AvgIpc) is 2.95. The van der Waals surface area contributed by atoms with Crippen molar-refractivity contribution in [3.05, 3.63) is 33.9 Å². The third kappa shape index (κ3) is 6.27. The van der Waals surface area contributed by atoms with Crippen LogP contribution in [0.1, 0.15) is 40.3 Å². The molecule has 0 aromatic carbocycles. The van der Waals surface area contributed by atoms with Crippen LogP contribution in [-0.2, 0) is 15.8 Å². The van der Waals surface area contributed by atoms with Crippen LogP contribution in [0.5, 0.6) is 0 Å². The lowest BCUT2D eigenvalue weighted by molar-refractivity contribution is -0.458. The summed E-state index contributed by atoms with van der Waals surface area (Å²) in [5, 5.41) is 21.4. The number of carboxylic acid groups (broad SMARTS) is 1. The molecule has 5 N–H and O–H groups in total. The molecule has 10 heteroatoms. The maximum absolute atomic E-state index is 9.86. The molecule has 2 heterocycles. The van der Waals surface area contributed by atoms with Crippen LogP contribution in [0.3, 0.4) is 0 Å². The second kappa shape index (κ2) is 8.23. The highest BCUT2D eigenvalue weighted by atomic mass is 31.2. The van der Waals surface area contributed by atoms with Gasteiger partial charge in [-0.15, -0.1) is 5.10 Å². The Morgan fingerprint density at radius 2 is 1.88 bits per heavy atom. The summed E-state index contributed by atoms with van der Waals surface area (Å²) in [7, 11) is -4.35. The van der Waals surface area contributed by atoms with Gasteiger partial charge in [-0.1, -0.05) is 0 Å². The highest BCUT2D eigenvalue weighted by Crippen LogP contribution is 2.28. The van der Waals surface area contributed by atoms with E-state index in [1.54, 1.807) is 0 Å². The normalized spacial score (nSPS) is 13.1. The first-order valence-electron chi connectivity index (χ1n) is 7.32. The summed E-state index contributed by atoms with van der Waals surface area (Å²) in [6.45, 7) is 8.28. The maximum Gasteiger partial charge on any atom is 0.303 e. The fourth-order valence-electron chi connectivity index (χ4n) is 2.13. The van der Waals surface area contributed by atoms with Crippen molar-refractivity contribution < 1.29 is 29.4 Å². The summed E-state index contributed by atoms with van der Waals surface area (Å²) >= 11 is 0. The number of aliphatic carboxylic acids is 1. The van der Waals surface area contributed by atoms with Gasteiger partial charge in [-0.2, -0.15) is 10.2 Å². The van der Waals surface area contributed by atoms with Crippen molar-refractivity contribution in [2.24, 2.45) is 0 Å². The van der Waals surface area contributed by atoms with Gasteiger partial charge in [0.2, 0.25) is 5.69 Å². The molecule has 9 nitrogen and oxygen atoms in total. The van der Waals surface area contributed by atoms with Gasteiger partial charge >= 0.3 is 5.97 Å². The number of aromatic amines is 3. The van der Waals surface area contributed by atoms with Gasteiger partial charge < -0.3 is 19.5 Å². The van der Waals surface area contributed by atoms with E-state index >= 15 is 0 Å². The second-order valence-corrected chi connectivity index (χ2v) is 7.29. The zero-order valence-corrected chi connectivity index (χ0v) is 15.0. The topological polar surface area (TPSA) is 156 Å². The van der Waals surface area contributed by atoms with Crippen LogP contribution in [0.2, 0.25) is 0 Å². The molecule has 2 aromatic heterocycles. The summed E-state index contributed by atoms with van der Waals surface area (Å²) in [5.41, 5.74) is 7.29. The van der Waals surface area contributed by atoms with E-state index in [9.17, 15) is 14.3 Å². The molecule has 0 bridgehead atoms.